The number of likely N-dealkylation sites (N-methyl/N-ethyl adjacent to an activating group) is 1. The smallest absolute Gasteiger partial charge is 0.294 e. The first-order chi connectivity index (χ1) is 14.8. The van der Waals surface area contributed by atoms with Gasteiger partial charge in [0.2, 0.25) is 0 Å². The van der Waals surface area contributed by atoms with E-state index in [1.165, 1.54) is 11.3 Å². The molecule has 1 fully saturated rings. The molecule has 0 spiro atoms. The summed E-state index contributed by atoms with van der Waals surface area (Å²) in [5.74, 6) is -1.36. The molecule has 10 heteroatoms. The summed E-state index contributed by atoms with van der Waals surface area (Å²) in [6, 6.07) is 6.44. The molecule has 2 aliphatic rings. The van der Waals surface area contributed by atoms with Crippen LogP contribution in [-0.4, -0.2) is 54.7 Å². The van der Waals surface area contributed by atoms with E-state index in [0.29, 0.717) is 28.6 Å². The summed E-state index contributed by atoms with van der Waals surface area (Å²) in [6.07, 6.45) is 2.09. The third kappa shape index (κ3) is 3.21. The Morgan fingerprint density at radius 1 is 1.26 bits per heavy atom. The van der Waals surface area contributed by atoms with E-state index in [9.17, 15) is 13.9 Å². The van der Waals surface area contributed by atoms with Crippen molar-refractivity contribution in [3.8, 4) is 27.2 Å². The summed E-state index contributed by atoms with van der Waals surface area (Å²) >= 11 is 1.18. The Kier molecular flexibility index (Phi) is 4.60. The number of aromatic nitrogens is 4. The topological polar surface area (TPSA) is 76.3 Å². The molecule has 0 amide bonds. The fourth-order valence-corrected chi connectivity index (χ4v) is 5.14. The van der Waals surface area contributed by atoms with Gasteiger partial charge in [0.25, 0.3) is 5.19 Å². The quantitative estimate of drug-likeness (QED) is 0.650. The van der Waals surface area contributed by atoms with Gasteiger partial charge in [0.15, 0.2) is 16.7 Å². The number of rotatable bonds is 4. The maximum atomic E-state index is 14.4. The summed E-state index contributed by atoms with van der Waals surface area (Å²) in [7, 11) is 1.73. The van der Waals surface area contributed by atoms with E-state index < -0.39 is 23.2 Å². The van der Waals surface area contributed by atoms with Crippen molar-refractivity contribution >= 4 is 11.3 Å². The molecule has 162 valence electrons. The first-order valence-electron chi connectivity index (χ1n) is 9.91. The minimum Gasteiger partial charge on any atom is -0.507 e. The maximum absolute atomic E-state index is 14.4. The normalized spacial score (nSPS) is 26.0. The number of halogens is 2. The fraction of sp³-hybridized carbons (Fsp3) is 0.381. The lowest BCUT2D eigenvalue weighted by atomic mass is 9.88. The zero-order valence-corrected chi connectivity index (χ0v) is 18.0. The first-order valence-corrected chi connectivity index (χ1v) is 10.7. The molecule has 2 aromatic heterocycles. The number of benzene rings is 1. The second kappa shape index (κ2) is 7.10. The second-order valence-corrected chi connectivity index (χ2v) is 9.16. The number of fused-ring (bicyclic) bond motifs is 2. The lowest BCUT2D eigenvalue weighted by molar-refractivity contribution is 0.0141. The Hall–Kier alpha value is -2.85. The molecular weight excluding hydrogens is 424 g/mol. The van der Waals surface area contributed by atoms with Crippen LogP contribution in [0.3, 0.4) is 0 Å². The first kappa shape index (κ1) is 20.1. The van der Waals surface area contributed by atoms with Crippen LogP contribution in [0.1, 0.15) is 25.5 Å². The average molecular weight is 445 g/mol. The largest absolute Gasteiger partial charge is 0.507 e. The Bertz CT molecular complexity index is 1190. The number of phenols is 1. The molecule has 1 saturated heterocycles. The highest BCUT2D eigenvalue weighted by Gasteiger charge is 2.54. The molecule has 4 heterocycles. The Labute approximate surface area is 181 Å². The summed E-state index contributed by atoms with van der Waals surface area (Å²) in [6.45, 7) is 3.58. The summed E-state index contributed by atoms with van der Waals surface area (Å²) in [5, 5.41) is 23.8. The standard InChI is InChI=1S/C21H21F2N5O2S/c1-11-6-7-28(26-11)12-4-5-14(16(29)8-12)19-24-25-20(31-19)30-13-9-15-17(22)18(23)21(2,10-13)27(15)3/h4-8,13,15,29H,9-10H2,1-3H3. The SMILES string of the molecule is Cc1ccn(-c2ccc(-c3nnc(OC4CC5C(F)=C(F)C(C)(C4)N5C)s3)c(O)c2)n1. The fourth-order valence-electron chi connectivity index (χ4n) is 4.34. The van der Waals surface area contributed by atoms with Crippen LogP contribution in [0.25, 0.3) is 16.3 Å². The molecule has 3 aromatic rings. The van der Waals surface area contributed by atoms with Gasteiger partial charge in [-0.3, -0.25) is 4.90 Å². The lowest BCUT2D eigenvalue weighted by Gasteiger charge is -2.42. The Morgan fingerprint density at radius 2 is 2.06 bits per heavy atom. The van der Waals surface area contributed by atoms with E-state index >= 15 is 0 Å². The van der Waals surface area contributed by atoms with E-state index in [-0.39, 0.29) is 11.9 Å². The molecule has 3 unspecified atom stereocenters. The highest BCUT2D eigenvalue weighted by Crippen LogP contribution is 2.48. The molecule has 3 atom stereocenters. The third-order valence-corrected chi connectivity index (χ3v) is 7.05. The molecule has 2 bridgehead atoms. The van der Waals surface area contributed by atoms with Crippen LogP contribution in [-0.2, 0) is 0 Å². The average Bonchev–Trinajstić information content (AvgIpc) is 3.39. The lowest BCUT2D eigenvalue weighted by Crippen LogP contribution is -2.53. The minimum absolute atomic E-state index is 0.0477. The van der Waals surface area contributed by atoms with Gasteiger partial charge >= 0.3 is 0 Å². The highest BCUT2D eigenvalue weighted by molar-refractivity contribution is 7.16. The minimum atomic E-state index is -1.01. The van der Waals surface area contributed by atoms with Gasteiger partial charge < -0.3 is 9.84 Å². The van der Waals surface area contributed by atoms with E-state index in [4.69, 9.17) is 4.74 Å². The molecule has 1 aromatic carbocycles. The predicted molar refractivity (Wildman–Crippen MR) is 112 cm³/mol. The number of nitrogens with zero attached hydrogens (tertiary/aromatic N) is 5. The Morgan fingerprint density at radius 3 is 2.74 bits per heavy atom. The van der Waals surface area contributed by atoms with E-state index in [1.54, 1.807) is 35.7 Å². The van der Waals surface area contributed by atoms with Crippen LogP contribution in [0.5, 0.6) is 10.9 Å². The molecule has 2 aliphatic heterocycles. The monoisotopic (exact) mass is 445 g/mol. The van der Waals surface area contributed by atoms with Crippen molar-refractivity contribution in [1.82, 2.24) is 24.9 Å². The number of piperidine rings is 1. The van der Waals surface area contributed by atoms with Gasteiger partial charge in [0.1, 0.15) is 11.9 Å². The van der Waals surface area contributed by atoms with Crippen molar-refractivity contribution in [2.75, 3.05) is 7.05 Å². The summed E-state index contributed by atoms with van der Waals surface area (Å²) in [5.41, 5.74) is 1.11. The van der Waals surface area contributed by atoms with Gasteiger partial charge in [-0.2, -0.15) is 5.10 Å². The molecule has 0 radical (unpaired) electrons. The van der Waals surface area contributed by atoms with E-state index in [1.807, 2.05) is 25.3 Å². The maximum Gasteiger partial charge on any atom is 0.294 e. The number of phenolic OH excluding ortho intramolecular Hbond substituents is 1. The van der Waals surface area contributed by atoms with Crippen LogP contribution in [0.2, 0.25) is 0 Å². The van der Waals surface area contributed by atoms with Crippen molar-refractivity contribution in [2.24, 2.45) is 0 Å². The van der Waals surface area contributed by atoms with Gasteiger partial charge in [-0.15, -0.1) is 5.10 Å². The number of ether oxygens (including phenoxy) is 1. The van der Waals surface area contributed by atoms with E-state index in [0.717, 1.165) is 11.4 Å². The second-order valence-electron chi connectivity index (χ2n) is 8.22. The molecule has 31 heavy (non-hydrogen) atoms. The number of hydrogen-bond donors (Lipinski definition) is 1. The summed E-state index contributed by atoms with van der Waals surface area (Å²) < 4.78 is 36.3. The van der Waals surface area contributed by atoms with E-state index in [2.05, 4.69) is 15.3 Å². The van der Waals surface area contributed by atoms with Crippen LogP contribution in [0, 0.1) is 6.92 Å². The zero-order chi connectivity index (χ0) is 21.9. The van der Waals surface area contributed by atoms with Gasteiger partial charge in [0.05, 0.1) is 28.5 Å². The summed E-state index contributed by atoms with van der Waals surface area (Å²) in [4.78, 5) is 1.73. The zero-order valence-electron chi connectivity index (χ0n) is 17.2. The highest BCUT2D eigenvalue weighted by atomic mass is 32.1. The van der Waals surface area contributed by atoms with Crippen LogP contribution in [0.4, 0.5) is 8.78 Å². The van der Waals surface area contributed by atoms with Crippen molar-refractivity contribution in [1.29, 1.82) is 0 Å². The predicted octanol–water partition coefficient (Wildman–Crippen LogP) is 4.17. The van der Waals surface area contributed by atoms with Crippen molar-refractivity contribution in [2.45, 2.75) is 44.4 Å². The Balaban J connectivity index is 1.33. The van der Waals surface area contributed by atoms with Gasteiger partial charge in [0, 0.05) is 25.1 Å². The number of aryl methyl sites for hydroxylation is 1. The van der Waals surface area contributed by atoms with Crippen molar-refractivity contribution in [3.05, 3.63) is 47.8 Å². The van der Waals surface area contributed by atoms with Gasteiger partial charge in [-0.1, -0.05) is 16.4 Å². The molecule has 7 nitrogen and oxygen atoms in total. The number of hydrogen-bond acceptors (Lipinski definition) is 7. The number of aromatic hydroxyl groups is 1. The van der Waals surface area contributed by atoms with Crippen LogP contribution < -0.4 is 4.74 Å². The van der Waals surface area contributed by atoms with Crippen molar-refractivity contribution in [3.63, 3.8) is 0 Å². The molecule has 1 N–H and O–H groups in total. The molecule has 0 saturated carbocycles. The molecular formula is C21H21F2N5O2S. The molecule has 0 aliphatic carbocycles. The molecule has 5 rings (SSSR count). The van der Waals surface area contributed by atoms with Gasteiger partial charge in [-0.05, 0) is 39.1 Å². The van der Waals surface area contributed by atoms with Crippen LogP contribution in [0.15, 0.2) is 42.1 Å². The van der Waals surface area contributed by atoms with Crippen molar-refractivity contribution < 1.29 is 18.6 Å². The van der Waals surface area contributed by atoms with Crippen LogP contribution >= 0.6 is 11.3 Å². The van der Waals surface area contributed by atoms with Gasteiger partial charge in [-0.25, -0.2) is 13.5 Å². The third-order valence-electron chi connectivity index (χ3n) is 6.20.